The Morgan fingerprint density at radius 1 is 1.07 bits per heavy atom. The van der Waals surface area contributed by atoms with Crippen LogP contribution in [0.1, 0.15) is 18.1 Å². The van der Waals surface area contributed by atoms with Crippen molar-refractivity contribution in [2.24, 2.45) is 0 Å². The van der Waals surface area contributed by atoms with E-state index in [0.717, 1.165) is 35.6 Å². The number of likely N-dealkylation sites (N-methyl/N-ethyl adjacent to an activating group) is 1. The molecular formula is C22H28N2O5. The molecule has 7 nitrogen and oxygen atoms in total. The molecule has 29 heavy (non-hydrogen) atoms. The largest absolute Gasteiger partial charge is 0.493 e. The molecule has 156 valence electrons. The van der Waals surface area contributed by atoms with Crippen molar-refractivity contribution in [2.45, 2.75) is 25.9 Å². The molecule has 0 aliphatic carbocycles. The predicted octanol–water partition coefficient (Wildman–Crippen LogP) is 2.61. The molecule has 0 radical (unpaired) electrons. The van der Waals surface area contributed by atoms with Gasteiger partial charge in [0.2, 0.25) is 12.7 Å². The van der Waals surface area contributed by atoms with Crippen LogP contribution >= 0.6 is 0 Å². The van der Waals surface area contributed by atoms with Crippen LogP contribution in [0.3, 0.4) is 0 Å². The summed E-state index contributed by atoms with van der Waals surface area (Å²) in [6, 6.07) is 11.3. The number of nitrogens with zero attached hydrogens (tertiary/aromatic N) is 1. The zero-order valence-electron chi connectivity index (χ0n) is 17.4. The molecule has 1 amide bonds. The fourth-order valence-electron chi connectivity index (χ4n) is 3.12. The maximum Gasteiger partial charge on any atom is 0.237 e. The Kier molecular flexibility index (Phi) is 6.82. The lowest BCUT2D eigenvalue weighted by Gasteiger charge is -2.24. The Morgan fingerprint density at radius 3 is 2.55 bits per heavy atom. The van der Waals surface area contributed by atoms with E-state index in [1.54, 1.807) is 14.2 Å². The fourth-order valence-corrected chi connectivity index (χ4v) is 3.12. The summed E-state index contributed by atoms with van der Waals surface area (Å²) in [6.45, 7) is 3.34. The molecule has 0 spiro atoms. The van der Waals surface area contributed by atoms with Gasteiger partial charge in [-0.05, 0) is 55.8 Å². The van der Waals surface area contributed by atoms with Gasteiger partial charge in [-0.25, -0.2) is 0 Å². The van der Waals surface area contributed by atoms with Gasteiger partial charge in [0.25, 0.3) is 0 Å². The normalized spacial score (nSPS) is 13.3. The second-order valence-corrected chi connectivity index (χ2v) is 7.00. The Bertz CT molecular complexity index is 855. The topological polar surface area (TPSA) is 69.3 Å². The Hall–Kier alpha value is -2.93. The molecule has 1 heterocycles. The van der Waals surface area contributed by atoms with Crippen molar-refractivity contribution in [3.05, 3.63) is 47.5 Å². The van der Waals surface area contributed by atoms with Gasteiger partial charge in [0.05, 0.1) is 20.3 Å². The second-order valence-electron chi connectivity index (χ2n) is 7.00. The van der Waals surface area contributed by atoms with Crippen LogP contribution in [0.15, 0.2) is 36.4 Å². The van der Waals surface area contributed by atoms with Gasteiger partial charge in [0.15, 0.2) is 23.0 Å². The van der Waals surface area contributed by atoms with Crippen LogP contribution in [0.2, 0.25) is 0 Å². The molecular weight excluding hydrogens is 372 g/mol. The highest BCUT2D eigenvalue weighted by molar-refractivity contribution is 5.81. The van der Waals surface area contributed by atoms with E-state index in [1.165, 1.54) is 0 Å². The van der Waals surface area contributed by atoms with E-state index in [9.17, 15) is 4.79 Å². The standard InChI is InChI=1S/C22H28N2O5/c1-15(22(25)23-13-17-6-8-19-21(12-17)29-14-28-19)24(2)10-9-16-5-7-18(26-3)20(11-16)27-4/h5-8,11-12,15H,9-10,13-14H2,1-4H3,(H,23,25)/t15-/m1/s1. The van der Waals surface area contributed by atoms with Gasteiger partial charge in [-0.1, -0.05) is 12.1 Å². The quantitative estimate of drug-likeness (QED) is 0.698. The first-order chi connectivity index (χ1) is 14.0. The number of methoxy groups -OCH3 is 2. The van der Waals surface area contributed by atoms with E-state index in [-0.39, 0.29) is 18.7 Å². The molecule has 1 atom stereocenters. The fraction of sp³-hybridized carbons (Fsp3) is 0.409. The van der Waals surface area contributed by atoms with E-state index >= 15 is 0 Å². The summed E-state index contributed by atoms with van der Waals surface area (Å²) < 4.78 is 21.3. The number of ether oxygens (including phenoxy) is 4. The lowest BCUT2D eigenvalue weighted by molar-refractivity contribution is -0.125. The molecule has 0 saturated carbocycles. The second kappa shape index (κ2) is 9.52. The first-order valence-electron chi connectivity index (χ1n) is 9.59. The first-order valence-corrected chi connectivity index (χ1v) is 9.59. The van der Waals surface area contributed by atoms with E-state index in [0.29, 0.717) is 18.0 Å². The number of benzene rings is 2. The number of amides is 1. The highest BCUT2D eigenvalue weighted by Crippen LogP contribution is 2.32. The van der Waals surface area contributed by atoms with Gasteiger partial charge in [-0.3, -0.25) is 9.69 Å². The van der Waals surface area contributed by atoms with Crippen molar-refractivity contribution < 1.29 is 23.7 Å². The monoisotopic (exact) mass is 400 g/mol. The van der Waals surface area contributed by atoms with Gasteiger partial charge >= 0.3 is 0 Å². The summed E-state index contributed by atoms with van der Waals surface area (Å²) in [5, 5.41) is 2.99. The average Bonchev–Trinajstić information content (AvgIpc) is 3.22. The summed E-state index contributed by atoms with van der Waals surface area (Å²) in [5.74, 6) is 2.86. The maximum atomic E-state index is 12.5. The van der Waals surface area contributed by atoms with Crippen molar-refractivity contribution in [3.8, 4) is 23.0 Å². The van der Waals surface area contributed by atoms with Crippen molar-refractivity contribution in [1.82, 2.24) is 10.2 Å². The third kappa shape index (κ3) is 5.12. The van der Waals surface area contributed by atoms with Crippen LogP contribution in [0.25, 0.3) is 0 Å². The van der Waals surface area contributed by atoms with E-state index < -0.39 is 0 Å². The van der Waals surface area contributed by atoms with E-state index in [2.05, 4.69) is 5.32 Å². The third-order valence-electron chi connectivity index (χ3n) is 5.15. The minimum atomic E-state index is -0.246. The molecule has 1 aliphatic rings. The highest BCUT2D eigenvalue weighted by Gasteiger charge is 2.19. The molecule has 0 saturated heterocycles. The Labute approximate surface area is 171 Å². The predicted molar refractivity (Wildman–Crippen MR) is 110 cm³/mol. The van der Waals surface area contributed by atoms with Gasteiger partial charge in [0, 0.05) is 13.1 Å². The van der Waals surface area contributed by atoms with Crippen molar-refractivity contribution in [3.63, 3.8) is 0 Å². The van der Waals surface area contributed by atoms with Crippen LogP contribution in [-0.2, 0) is 17.8 Å². The zero-order valence-corrected chi connectivity index (χ0v) is 17.4. The van der Waals surface area contributed by atoms with E-state index in [4.69, 9.17) is 18.9 Å². The molecule has 0 aromatic heterocycles. The van der Waals surface area contributed by atoms with Gasteiger partial charge in [0.1, 0.15) is 0 Å². The molecule has 0 bridgehead atoms. The lowest BCUT2D eigenvalue weighted by atomic mass is 10.1. The van der Waals surface area contributed by atoms with Gasteiger partial charge in [-0.2, -0.15) is 0 Å². The number of carbonyl (C=O) groups excluding carboxylic acids is 1. The first kappa shape index (κ1) is 20.8. The Balaban J connectivity index is 1.49. The van der Waals surface area contributed by atoms with Crippen LogP contribution in [0.5, 0.6) is 23.0 Å². The molecule has 2 aromatic rings. The summed E-state index contributed by atoms with van der Waals surface area (Å²) in [7, 11) is 5.20. The SMILES string of the molecule is COc1ccc(CCN(C)[C@H](C)C(=O)NCc2ccc3c(c2)OCO3)cc1OC. The average molecular weight is 400 g/mol. The Morgan fingerprint density at radius 2 is 1.79 bits per heavy atom. The van der Waals surface area contributed by atoms with Gasteiger partial charge < -0.3 is 24.3 Å². The number of nitrogens with one attached hydrogen (secondary N) is 1. The number of hydrogen-bond donors (Lipinski definition) is 1. The minimum absolute atomic E-state index is 0.0162. The van der Waals surface area contributed by atoms with Crippen molar-refractivity contribution in [2.75, 3.05) is 34.6 Å². The molecule has 1 N–H and O–H groups in total. The maximum absolute atomic E-state index is 12.5. The van der Waals surface area contributed by atoms with Crippen LogP contribution in [-0.4, -0.2) is 51.5 Å². The van der Waals surface area contributed by atoms with Gasteiger partial charge in [-0.15, -0.1) is 0 Å². The van der Waals surface area contributed by atoms with E-state index in [1.807, 2.05) is 55.3 Å². The van der Waals surface area contributed by atoms with Crippen LogP contribution < -0.4 is 24.3 Å². The molecule has 3 rings (SSSR count). The van der Waals surface area contributed by atoms with Crippen LogP contribution in [0, 0.1) is 0 Å². The van der Waals surface area contributed by atoms with Crippen molar-refractivity contribution >= 4 is 5.91 Å². The number of carbonyl (C=O) groups is 1. The summed E-state index contributed by atoms with van der Waals surface area (Å²) in [6.07, 6.45) is 0.802. The van der Waals surface area contributed by atoms with Crippen LogP contribution in [0.4, 0.5) is 0 Å². The summed E-state index contributed by atoms with van der Waals surface area (Å²) in [5.41, 5.74) is 2.10. The molecule has 1 aliphatic heterocycles. The molecule has 2 aromatic carbocycles. The number of hydrogen-bond acceptors (Lipinski definition) is 6. The minimum Gasteiger partial charge on any atom is -0.493 e. The zero-order chi connectivity index (χ0) is 20.8. The molecule has 7 heteroatoms. The summed E-state index contributed by atoms with van der Waals surface area (Å²) >= 11 is 0. The van der Waals surface area contributed by atoms with Crippen molar-refractivity contribution in [1.29, 1.82) is 0 Å². The molecule has 0 fully saturated rings. The number of rotatable bonds is 9. The third-order valence-corrected chi connectivity index (χ3v) is 5.15. The molecule has 0 unspecified atom stereocenters. The lowest BCUT2D eigenvalue weighted by Crippen LogP contribution is -2.43. The summed E-state index contributed by atoms with van der Waals surface area (Å²) in [4.78, 5) is 14.6. The smallest absolute Gasteiger partial charge is 0.237 e. The number of fused-ring (bicyclic) bond motifs is 1. The highest BCUT2D eigenvalue weighted by atomic mass is 16.7.